The van der Waals surface area contributed by atoms with Crippen molar-refractivity contribution in [1.82, 2.24) is 0 Å². The fourth-order valence-electron chi connectivity index (χ4n) is 2.05. The Bertz CT molecular complexity index is 791. The van der Waals surface area contributed by atoms with E-state index in [1.165, 1.54) is 4.90 Å². The number of hydrogen-bond acceptors (Lipinski definition) is 4. The fraction of sp³-hybridized carbons (Fsp3) is 0.167. The number of hydrogen-bond donors (Lipinski definition) is 0. The van der Waals surface area contributed by atoms with Gasteiger partial charge in [-0.05, 0) is 42.5 Å². The van der Waals surface area contributed by atoms with E-state index in [0.717, 1.165) is 0 Å². The maximum atomic E-state index is 12.5. The highest BCUT2D eigenvalue weighted by molar-refractivity contribution is 6.30. The van der Waals surface area contributed by atoms with Gasteiger partial charge in [-0.3, -0.25) is 4.79 Å². The molecule has 0 unspecified atom stereocenters. The molecule has 0 fully saturated rings. The quantitative estimate of drug-likeness (QED) is 0.806. The molecule has 0 saturated carbocycles. The second-order valence-corrected chi connectivity index (χ2v) is 5.29. The van der Waals surface area contributed by atoms with E-state index in [2.05, 4.69) is 0 Å². The largest absolute Gasteiger partial charge is 0.484 e. The molecule has 0 bridgehead atoms. The van der Waals surface area contributed by atoms with Crippen LogP contribution in [0.5, 0.6) is 5.75 Å². The minimum atomic E-state index is -0.281. The maximum absolute atomic E-state index is 12.5. The summed E-state index contributed by atoms with van der Waals surface area (Å²) in [6, 6.07) is 17.4. The van der Waals surface area contributed by atoms with Crippen LogP contribution >= 0.6 is 11.6 Å². The summed E-state index contributed by atoms with van der Waals surface area (Å²) in [5.41, 5.74) is 1.13. The molecule has 0 aromatic heterocycles. The third-order valence-electron chi connectivity index (χ3n) is 3.21. The number of anilines is 1. The Morgan fingerprint density at radius 2 is 1.92 bits per heavy atom. The lowest BCUT2D eigenvalue weighted by Gasteiger charge is -2.22. The zero-order chi connectivity index (χ0) is 17.4. The monoisotopic (exact) mass is 339 g/mol. The van der Waals surface area contributed by atoms with E-state index in [1.807, 2.05) is 12.1 Å². The van der Waals surface area contributed by atoms with Gasteiger partial charge in [0.1, 0.15) is 5.75 Å². The Kier molecular flexibility index (Phi) is 6.19. The molecule has 0 aliphatic heterocycles. The fourth-order valence-corrected chi connectivity index (χ4v) is 2.24. The first kappa shape index (κ1) is 17.3. The van der Waals surface area contributed by atoms with Gasteiger partial charge in [0.15, 0.2) is 6.61 Å². The first-order chi connectivity index (χ1) is 11.6. The SMILES string of the molecule is N#CCCN(C(=O)COc1ccc(C#N)cc1)c1cccc(Cl)c1. The molecular weight excluding hydrogens is 326 g/mol. The van der Waals surface area contributed by atoms with Crippen LogP contribution in [0.2, 0.25) is 5.02 Å². The summed E-state index contributed by atoms with van der Waals surface area (Å²) in [5.74, 6) is 0.213. The predicted molar refractivity (Wildman–Crippen MR) is 90.7 cm³/mol. The summed E-state index contributed by atoms with van der Waals surface area (Å²) in [6.07, 6.45) is 0.203. The molecule has 2 aromatic rings. The molecule has 0 atom stereocenters. The molecular formula is C18H14ClN3O2. The maximum Gasteiger partial charge on any atom is 0.264 e. The standard InChI is InChI=1S/C18H14ClN3O2/c19-15-3-1-4-16(11-15)22(10-2-9-20)18(23)13-24-17-7-5-14(12-21)6-8-17/h1,3-8,11H,2,10,13H2. The highest BCUT2D eigenvalue weighted by Crippen LogP contribution is 2.20. The number of nitrogens with zero attached hydrogens (tertiary/aromatic N) is 3. The summed E-state index contributed by atoms with van der Waals surface area (Å²) in [5, 5.41) is 18.1. The molecule has 0 aliphatic carbocycles. The van der Waals surface area contributed by atoms with Crippen molar-refractivity contribution in [3.63, 3.8) is 0 Å². The molecule has 0 aliphatic rings. The van der Waals surface area contributed by atoms with E-state index in [4.69, 9.17) is 26.9 Å². The normalized spacial score (nSPS) is 9.62. The van der Waals surface area contributed by atoms with Gasteiger partial charge in [-0.15, -0.1) is 0 Å². The Morgan fingerprint density at radius 3 is 2.54 bits per heavy atom. The van der Waals surface area contributed by atoms with Gasteiger partial charge in [-0.25, -0.2) is 0 Å². The van der Waals surface area contributed by atoms with Gasteiger partial charge in [-0.1, -0.05) is 17.7 Å². The number of ether oxygens (including phenoxy) is 1. The summed E-state index contributed by atoms with van der Waals surface area (Å²) in [6.45, 7) is 0.0796. The Hall–Kier alpha value is -3.02. The number of carbonyl (C=O) groups excluding carboxylic acids is 1. The average molecular weight is 340 g/mol. The smallest absolute Gasteiger partial charge is 0.264 e. The number of carbonyl (C=O) groups is 1. The zero-order valence-corrected chi connectivity index (χ0v) is 13.5. The summed E-state index contributed by atoms with van der Waals surface area (Å²) in [7, 11) is 0. The van der Waals surface area contributed by atoms with Gasteiger partial charge >= 0.3 is 0 Å². The Balaban J connectivity index is 2.07. The van der Waals surface area contributed by atoms with Crippen LogP contribution in [0.3, 0.4) is 0 Å². The van der Waals surface area contributed by atoms with Gasteiger partial charge in [0.2, 0.25) is 0 Å². The lowest BCUT2D eigenvalue weighted by atomic mass is 10.2. The molecule has 2 rings (SSSR count). The van der Waals surface area contributed by atoms with Crippen molar-refractivity contribution in [3.8, 4) is 17.9 Å². The molecule has 0 heterocycles. The molecule has 1 amide bonds. The van der Waals surface area contributed by atoms with Gasteiger partial charge in [-0.2, -0.15) is 10.5 Å². The van der Waals surface area contributed by atoms with E-state index in [1.54, 1.807) is 48.5 Å². The number of nitriles is 2. The Labute approximate surface area is 145 Å². The van der Waals surface area contributed by atoms with Gasteiger partial charge < -0.3 is 9.64 Å². The number of benzene rings is 2. The van der Waals surface area contributed by atoms with Crippen molar-refractivity contribution in [3.05, 3.63) is 59.1 Å². The van der Waals surface area contributed by atoms with Crippen molar-refractivity contribution >= 4 is 23.2 Å². The molecule has 0 spiro atoms. The second-order valence-electron chi connectivity index (χ2n) is 4.86. The molecule has 0 radical (unpaired) electrons. The van der Waals surface area contributed by atoms with Gasteiger partial charge in [0, 0.05) is 17.3 Å². The molecule has 0 N–H and O–H groups in total. The van der Waals surface area contributed by atoms with Crippen molar-refractivity contribution in [2.45, 2.75) is 6.42 Å². The van der Waals surface area contributed by atoms with E-state index in [-0.39, 0.29) is 25.5 Å². The average Bonchev–Trinajstić information content (AvgIpc) is 2.61. The summed E-state index contributed by atoms with van der Waals surface area (Å²) < 4.78 is 5.46. The third-order valence-corrected chi connectivity index (χ3v) is 3.45. The van der Waals surface area contributed by atoms with Crippen LogP contribution in [0.1, 0.15) is 12.0 Å². The van der Waals surface area contributed by atoms with Crippen LogP contribution in [0.4, 0.5) is 5.69 Å². The van der Waals surface area contributed by atoms with Crippen LogP contribution in [-0.2, 0) is 4.79 Å². The van der Waals surface area contributed by atoms with E-state index >= 15 is 0 Å². The van der Waals surface area contributed by atoms with Crippen LogP contribution in [0.25, 0.3) is 0 Å². The summed E-state index contributed by atoms with van der Waals surface area (Å²) >= 11 is 5.97. The molecule has 2 aromatic carbocycles. The van der Waals surface area contributed by atoms with E-state index in [0.29, 0.717) is 22.0 Å². The van der Waals surface area contributed by atoms with Gasteiger partial charge in [0.25, 0.3) is 5.91 Å². The zero-order valence-electron chi connectivity index (χ0n) is 12.8. The Morgan fingerprint density at radius 1 is 1.17 bits per heavy atom. The number of amides is 1. The molecule has 5 nitrogen and oxygen atoms in total. The van der Waals surface area contributed by atoms with Crippen molar-refractivity contribution in [1.29, 1.82) is 10.5 Å². The molecule has 0 saturated heterocycles. The predicted octanol–water partition coefficient (Wildman–Crippen LogP) is 3.54. The van der Waals surface area contributed by atoms with E-state index in [9.17, 15) is 4.79 Å². The van der Waals surface area contributed by atoms with Crippen molar-refractivity contribution < 1.29 is 9.53 Å². The lowest BCUT2D eigenvalue weighted by Crippen LogP contribution is -2.35. The minimum Gasteiger partial charge on any atom is -0.484 e. The van der Waals surface area contributed by atoms with Crippen LogP contribution in [0, 0.1) is 22.7 Å². The topological polar surface area (TPSA) is 77.1 Å². The van der Waals surface area contributed by atoms with Gasteiger partial charge in [0.05, 0.1) is 24.1 Å². The van der Waals surface area contributed by atoms with Crippen molar-refractivity contribution in [2.75, 3.05) is 18.1 Å². The molecule has 24 heavy (non-hydrogen) atoms. The first-order valence-corrected chi connectivity index (χ1v) is 7.57. The third kappa shape index (κ3) is 4.74. The first-order valence-electron chi connectivity index (χ1n) is 7.20. The second kappa shape index (κ2) is 8.57. The van der Waals surface area contributed by atoms with Crippen LogP contribution in [0.15, 0.2) is 48.5 Å². The number of rotatable bonds is 6. The van der Waals surface area contributed by atoms with E-state index < -0.39 is 0 Å². The van der Waals surface area contributed by atoms with Crippen molar-refractivity contribution in [2.24, 2.45) is 0 Å². The highest BCUT2D eigenvalue weighted by atomic mass is 35.5. The lowest BCUT2D eigenvalue weighted by molar-refractivity contribution is -0.120. The van der Waals surface area contributed by atoms with Crippen LogP contribution in [-0.4, -0.2) is 19.1 Å². The molecule has 120 valence electrons. The van der Waals surface area contributed by atoms with Crippen LogP contribution < -0.4 is 9.64 Å². The molecule has 6 heteroatoms. The minimum absolute atomic E-state index is 0.177. The highest BCUT2D eigenvalue weighted by Gasteiger charge is 2.16. The summed E-state index contributed by atoms with van der Waals surface area (Å²) in [4.78, 5) is 13.9. The number of halogens is 1.